The van der Waals surface area contributed by atoms with E-state index in [0.717, 1.165) is 40.0 Å². The Kier molecular flexibility index (Phi) is 9.22. The molecule has 1 aliphatic heterocycles. The molecule has 2 aromatic carbocycles. The van der Waals surface area contributed by atoms with Crippen LogP contribution in [0.5, 0.6) is 0 Å². The molecule has 3 heterocycles. The molecule has 5 atom stereocenters. The van der Waals surface area contributed by atoms with Gasteiger partial charge in [-0.2, -0.15) is 26.3 Å². The highest BCUT2D eigenvalue weighted by atomic mass is 79.9. The lowest BCUT2D eigenvalue weighted by Crippen LogP contribution is -2.54. The maximum absolute atomic E-state index is 14.7. The lowest BCUT2D eigenvalue weighted by Gasteiger charge is -2.43. The van der Waals surface area contributed by atoms with E-state index in [2.05, 4.69) is 36.4 Å². The number of aliphatic hydroxyl groups is 2. The van der Waals surface area contributed by atoms with E-state index >= 15 is 0 Å². The molecule has 0 saturated carbocycles. The van der Waals surface area contributed by atoms with Crippen molar-refractivity contribution in [3.05, 3.63) is 75.4 Å². The van der Waals surface area contributed by atoms with E-state index < -0.39 is 90.3 Å². The fourth-order valence-electron chi connectivity index (χ4n) is 4.82. The number of nitrogens with zero attached hydrogens (tertiary/aromatic N) is 6. The summed E-state index contributed by atoms with van der Waals surface area (Å²) in [6, 6.07) is 3.16. The monoisotopic (exact) mass is 732 g/mol. The smallest absolute Gasteiger partial charge is 0.394 e. The molecule has 4 aromatic rings. The van der Waals surface area contributed by atoms with E-state index in [1.807, 2.05) is 0 Å². The molecule has 0 bridgehead atoms. The van der Waals surface area contributed by atoms with Gasteiger partial charge in [0.15, 0.2) is 17.5 Å². The van der Waals surface area contributed by atoms with E-state index in [-0.39, 0.29) is 15.2 Å². The summed E-state index contributed by atoms with van der Waals surface area (Å²) in [6.45, 7) is -2.87. The van der Waals surface area contributed by atoms with Gasteiger partial charge in [-0.25, -0.2) is 13.5 Å². The van der Waals surface area contributed by atoms with Crippen molar-refractivity contribution in [2.45, 2.75) is 42.8 Å². The molecular weight excluding hydrogens is 716 g/mol. The van der Waals surface area contributed by atoms with Gasteiger partial charge in [0.1, 0.15) is 49.1 Å². The largest absolute Gasteiger partial charge is 0.418 e. The first-order chi connectivity index (χ1) is 21.1. The second-order valence-corrected chi connectivity index (χ2v) is 11.0. The lowest BCUT2D eigenvalue weighted by atomic mass is 9.91. The Morgan fingerprint density at radius 3 is 2.44 bits per heavy atom. The minimum absolute atomic E-state index is 0.139. The number of ether oxygens (including phenoxy) is 2. The molecule has 20 heteroatoms. The number of aromatic nitrogens is 6. The molecule has 242 valence electrons. The molecule has 0 radical (unpaired) electrons. The Labute approximate surface area is 260 Å². The van der Waals surface area contributed by atoms with E-state index in [0.29, 0.717) is 6.07 Å². The van der Waals surface area contributed by atoms with Gasteiger partial charge in [0.2, 0.25) is 0 Å². The number of benzene rings is 2. The van der Waals surface area contributed by atoms with Gasteiger partial charge in [-0.3, -0.25) is 4.57 Å². The first-order valence-corrected chi connectivity index (χ1v) is 13.7. The minimum Gasteiger partial charge on any atom is -0.394 e. The summed E-state index contributed by atoms with van der Waals surface area (Å²) < 4.78 is 123. The number of aliphatic hydroxyl groups excluding tert-OH is 2. The molecule has 1 fully saturated rings. The van der Waals surface area contributed by atoms with Crippen molar-refractivity contribution >= 4 is 27.5 Å². The summed E-state index contributed by atoms with van der Waals surface area (Å²) in [5.74, 6) is -3.12. The normalized spacial score (nSPS) is 22.6. The zero-order chi connectivity index (χ0) is 32.8. The van der Waals surface area contributed by atoms with Crippen molar-refractivity contribution < 1.29 is 54.8 Å². The number of alkyl halides is 6. The number of rotatable bonds is 7. The van der Waals surface area contributed by atoms with Gasteiger partial charge >= 0.3 is 12.4 Å². The maximum atomic E-state index is 14.7. The Hall–Kier alpha value is -3.23. The van der Waals surface area contributed by atoms with Crippen molar-refractivity contribution in [2.75, 3.05) is 13.2 Å². The van der Waals surface area contributed by atoms with Crippen molar-refractivity contribution in [3.8, 4) is 16.9 Å². The Bertz CT molecular complexity index is 1690. The van der Waals surface area contributed by atoms with Crippen LogP contribution in [-0.4, -0.2) is 77.7 Å². The van der Waals surface area contributed by atoms with Crippen molar-refractivity contribution in [2.24, 2.45) is 0 Å². The molecule has 0 spiro atoms. The SMILES string of the molecule is OC[C@H]1O[C@@H](c2nncn2-c2cc(Cl)ccc2C(F)(F)F)[C@H](OCC(F)(F)F)[C@@H](n2cc(-c3ccc(Br)c(F)c3F)nn2)[C@H]1O. The van der Waals surface area contributed by atoms with Crippen molar-refractivity contribution in [3.63, 3.8) is 0 Å². The standard InChI is InChI=1S/C25H18BrClF8N6O4/c26-13-4-2-11(17(28)18(13)29)14-6-41(39-37-14)19-20(43)16(7-42)45-22(21(19)44-8-24(30,31)32)23-38-36-9-40(23)15-5-10(27)1-3-12(15)25(33,34)35/h1-6,9,16,19-22,42-43H,7-8H2/t16-,19+,20+,21-,22-/m1/s1. The molecule has 2 N–H and O–H groups in total. The molecule has 45 heavy (non-hydrogen) atoms. The first-order valence-electron chi connectivity index (χ1n) is 12.6. The summed E-state index contributed by atoms with van der Waals surface area (Å²) in [6.07, 6.45) is -15.3. The van der Waals surface area contributed by atoms with Gasteiger partial charge in [0.05, 0.1) is 28.5 Å². The van der Waals surface area contributed by atoms with Gasteiger partial charge in [0, 0.05) is 10.6 Å². The molecule has 2 aromatic heterocycles. The average Bonchev–Trinajstić information content (AvgIpc) is 3.64. The van der Waals surface area contributed by atoms with Crippen molar-refractivity contribution in [1.29, 1.82) is 0 Å². The lowest BCUT2D eigenvalue weighted by molar-refractivity contribution is -0.253. The number of hydrogen-bond acceptors (Lipinski definition) is 8. The average molecular weight is 734 g/mol. The zero-order valence-corrected chi connectivity index (χ0v) is 24.4. The van der Waals surface area contributed by atoms with Crippen LogP contribution in [-0.2, 0) is 15.7 Å². The van der Waals surface area contributed by atoms with E-state index in [9.17, 15) is 45.3 Å². The van der Waals surface area contributed by atoms with Gasteiger partial charge in [0.25, 0.3) is 0 Å². The summed E-state index contributed by atoms with van der Waals surface area (Å²) >= 11 is 8.79. The van der Waals surface area contributed by atoms with Crippen LogP contribution in [0.15, 0.2) is 47.3 Å². The fourth-order valence-corrected chi connectivity index (χ4v) is 5.29. The molecule has 1 aliphatic rings. The third-order valence-electron chi connectivity index (χ3n) is 6.79. The molecule has 1 saturated heterocycles. The topological polar surface area (TPSA) is 120 Å². The van der Waals surface area contributed by atoms with Gasteiger partial charge in [-0.15, -0.1) is 15.3 Å². The van der Waals surface area contributed by atoms with Crippen LogP contribution >= 0.6 is 27.5 Å². The first kappa shape index (κ1) is 33.1. The van der Waals surface area contributed by atoms with Crippen LogP contribution in [0.2, 0.25) is 5.02 Å². The summed E-state index contributed by atoms with van der Waals surface area (Å²) in [4.78, 5) is 0. The second-order valence-electron chi connectivity index (χ2n) is 9.67. The van der Waals surface area contributed by atoms with Crippen LogP contribution in [0.3, 0.4) is 0 Å². The molecule has 0 aliphatic carbocycles. The van der Waals surface area contributed by atoms with Crippen LogP contribution in [0.4, 0.5) is 35.1 Å². The van der Waals surface area contributed by atoms with E-state index in [4.69, 9.17) is 21.1 Å². The second kappa shape index (κ2) is 12.5. The van der Waals surface area contributed by atoms with Crippen LogP contribution < -0.4 is 0 Å². The molecule has 0 unspecified atom stereocenters. The van der Waals surface area contributed by atoms with Crippen LogP contribution in [0.1, 0.15) is 23.5 Å². The highest BCUT2D eigenvalue weighted by molar-refractivity contribution is 9.10. The predicted molar refractivity (Wildman–Crippen MR) is 140 cm³/mol. The van der Waals surface area contributed by atoms with Crippen LogP contribution in [0.25, 0.3) is 16.9 Å². The highest BCUT2D eigenvalue weighted by Crippen LogP contribution is 2.43. The fraction of sp³-hybridized carbons (Fsp3) is 0.360. The Morgan fingerprint density at radius 1 is 1.04 bits per heavy atom. The van der Waals surface area contributed by atoms with Gasteiger partial charge in [-0.1, -0.05) is 16.8 Å². The van der Waals surface area contributed by atoms with Gasteiger partial charge in [-0.05, 0) is 46.3 Å². The summed E-state index contributed by atoms with van der Waals surface area (Å²) in [5, 5.41) is 35.9. The Balaban J connectivity index is 1.64. The van der Waals surface area contributed by atoms with Crippen LogP contribution in [0, 0.1) is 11.6 Å². The van der Waals surface area contributed by atoms with E-state index in [1.54, 1.807) is 0 Å². The quantitative estimate of drug-likeness (QED) is 0.196. The zero-order valence-electron chi connectivity index (χ0n) is 22.0. The third kappa shape index (κ3) is 6.68. The maximum Gasteiger partial charge on any atom is 0.418 e. The number of hydrogen-bond donors (Lipinski definition) is 2. The summed E-state index contributed by atoms with van der Waals surface area (Å²) in [7, 11) is 0. The van der Waals surface area contributed by atoms with Crippen molar-refractivity contribution in [1.82, 2.24) is 29.8 Å². The van der Waals surface area contributed by atoms with E-state index in [1.165, 1.54) is 6.07 Å². The Morgan fingerprint density at radius 2 is 1.78 bits per heavy atom. The molecule has 0 amide bonds. The molecule has 10 nitrogen and oxygen atoms in total. The summed E-state index contributed by atoms with van der Waals surface area (Å²) in [5.41, 5.74) is -2.53. The minimum atomic E-state index is -4.94. The molecule has 5 rings (SSSR count). The van der Waals surface area contributed by atoms with Gasteiger partial charge < -0.3 is 19.7 Å². The predicted octanol–water partition coefficient (Wildman–Crippen LogP) is 5.22. The molecular formula is C25H18BrClF8N6O4. The number of halogens is 10. The highest BCUT2D eigenvalue weighted by Gasteiger charge is 2.51. The third-order valence-corrected chi connectivity index (χ3v) is 7.63.